The summed E-state index contributed by atoms with van der Waals surface area (Å²) in [5, 5.41) is 8.49. The van der Waals surface area contributed by atoms with Gasteiger partial charge in [0.1, 0.15) is 11.8 Å². The van der Waals surface area contributed by atoms with Crippen molar-refractivity contribution in [1.29, 1.82) is 5.26 Å². The SMILES string of the molecule is C=Cc1cccnc1C#N. The third kappa shape index (κ3) is 1.03. The van der Waals surface area contributed by atoms with Gasteiger partial charge in [-0.3, -0.25) is 0 Å². The topological polar surface area (TPSA) is 36.7 Å². The van der Waals surface area contributed by atoms with E-state index in [1.807, 2.05) is 6.07 Å². The lowest BCUT2D eigenvalue weighted by Gasteiger charge is -1.91. The molecular weight excluding hydrogens is 124 g/mol. The maximum atomic E-state index is 8.49. The highest BCUT2D eigenvalue weighted by Crippen LogP contribution is 2.03. The Balaban J connectivity index is 3.24. The van der Waals surface area contributed by atoms with Crippen molar-refractivity contribution in [2.24, 2.45) is 0 Å². The zero-order valence-electron chi connectivity index (χ0n) is 5.41. The van der Waals surface area contributed by atoms with E-state index in [9.17, 15) is 0 Å². The molecule has 0 aromatic carbocycles. The van der Waals surface area contributed by atoms with Crippen LogP contribution in [0, 0.1) is 11.3 Å². The molecule has 0 aliphatic heterocycles. The van der Waals surface area contributed by atoms with E-state index in [-0.39, 0.29) is 0 Å². The van der Waals surface area contributed by atoms with Gasteiger partial charge in [-0.15, -0.1) is 0 Å². The first-order chi connectivity index (χ1) is 4.88. The lowest BCUT2D eigenvalue weighted by molar-refractivity contribution is 1.25. The molecule has 0 amide bonds. The smallest absolute Gasteiger partial charge is 0.147 e. The second-order valence-corrected chi connectivity index (χ2v) is 1.76. The fourth-order valence-electron chi connectivity index (χ4n) is 0.676. The number of rotatable bonds is 1. The molecule has 1 aromatic rings. The lowest BCUT2D eigenvalue weighted by Crippen LogP contribution is -1.84. The minimum atomic E-state index is 0.428. The quantitative estimate of drug-likeness (QED) is 0.578. The Kier molecular flexibility index (Phi) is 1.81. The molecule has 0 atom stereocenters. The molecule has 0 bridgehead atoms. The standard InChI is InChI=1S/C8H6N2/c1-2-7-4-3-5-10-8(7)6-9/h2-5H,1H2. The molecule has 0 radical (unpaired) electrons. The molecular formula is C8H6N2. The maximum Gasteiger partial charge on any atom is 0.147 e. The monoisotopic (exact) mass is 130 g/mol. The summed E-state index contributed by atoms with van der Waals surface area (Å²) >= 11 is 0. The van der Waals surface area contributed by atoms with Crippen LogP contribution in [0.4, 0.5) is 0 Å². The van der Waals surface area contributed by atoms with Gasteiger partial charge in [0.25, 0.3) is 0 Å². The molecule has 2 heteroatoms. The number of nitrogens with zero attached hydrogens (tertiary/aromatic N) is 2. The van der Waals surface area contributed by atoms with Crippen LogP contribution in [0.3, 0.4) is 0 Å². The highest BCUT2D eigenvalue weighted by atomic mass is 14.7. The average Bonchev–Trinajstić information content (AvgIpc) is 2.04. The van der Waals surface area contributed by atoms with Crippen LogP contribution in [0.15, 0.2) is 24.9 Å². The van der Waals surface area contributed by atoms with Crippen molar-refractivity contribution in [1.82, 2.24) is 4.98 Å². The van der Waals surface area contributed by atoms with Crippen LogP contribution >= 0.6 is 0 Å². The Bertz CT molecular complexity index is 284. The number of hydrogen-bond acceptors (Lipinski definition) is 2. The predicted octanol–water partition coefficient (Wildman–Crippen LogP) is 1.60. The van der Waals surface area contributed by atoms with Gasteiger partial charge in [0.05, 0.1) is 0 Å². The number of hydrogen-bond donors (Lipinski definition) is 0. The van der Waals surface area contributed by atoms with E-state index in [4.69, 9.17) is 5.26 Å². The first kappa shape index (κ1) is 6.50. The first-order valence-electron chi connectivity index (χ1n) is 2.86. The Morgan fingerprint density at radius 1 is 1.70 bits per heavy atom. The van der Waals surface area contributed by atoms with E-state index in [1.165, 1.54) is 0 Å². The molecule has 0 aliphatic rings. The van der Waals surface area contributed by atoms with Crippen LogP contribution in [-0.2, 0) is 0 Å². The van der Waals surface area contributed by atoms with Crippen molar-refractivity contribution in [3.63, 3.8) is 0 Å². The normalized spacial score (nSPS) is 8.30. The van der Waals surface area contributed by atoms with Crippen LogP contribution in [0.1, 0.15) is 11.3 Å². The van der Waals surface area contributed by atoms with Crippen LogP contribution in [0.2, 0.25) is 0 Å². The largest absolute Gasteiger partial charge is 0.245 e. The van der Waals surface area contributed by atoms with Crippen LogP contribution < -0.4 is 0 Å². The van der Waals surface area contributed by atoms with E-state index in [2.05, 4.69) is 11.6 Å². The van der Waals surface area contributed by atoms with Crippen molar-refractivity contribution in [3.05, 3.63) is 36.2 Å². The van der Waals surface area contributed by atoms with Crippen LogP contribution in [0.5, 0.6) is 0 Å². The molecule has 0 spiro atoms. The molecule has 48 valence electrons. The lowest BCUT2D eigenvalue weighted by atomic mass is 10.2. The van der Waals surface area contributed by atoms with Crippen LogP contribution in [-0.4, -0.2) is 4.98 Å². The summed E-state index contributed by atoms with van der Waals surface area (Å²) in [5.41, 5.74) is 1.21. The minimum absolute atomic E-state index is 0.428. The first-order valence-corrected chi connectivity index (χ1v) is 2.86. The molecule has 0 saturated heterocycles. The van der Waals surface area contributed by atoms with Crippen molar-refractivity contribution in [2.75, 3.05) is 0 Å². The summed E-state index contributed by atoms with van der Waals surface area (Å²) < 4.78 is 0. The summed E-state index contributed by atoms with van der Waals surface area (Å²) in [6.07, 6.45) is 3.21. The maximum absolute atomic E-state index is 8.49. The van der Waals surface area contributed by atoms with Crippen molar-refractivity contribution < 1.29 is 0 Å². The fraction of sp³-hybridized carbons (Fsp3) is 0. The Morgan fingerprint density at radius 3 is 3.00 bits per heavy atom. The van der Waals surface area contributed by atoms with E-state index in [1.54, 1.807) is 24.4 Å². The Labute approximate surface area is 59.4 Å². The minimum Gasteiger partial charge on any atom is -0.245 e. The summed E-state index contributed by atoms with van der Waals surface area (Å²) in [6, 6.07) is 5.54. The second kappa shape index (κ2) is 2.79. The summed E-state index contributed by atoms with van der Waals surface area (Å²) in [4.78, 5) is 3.84. The number of pyridine rings is 1. The number of nitriles is 1. The van der Waals surface area contributed by atoms with Gasteiger partial charge in [0, 0.05) is 11.8 Å². The van der Waals surface area contributed by atoms with Gasteiger partial charge in [-0.2, -0.15) is 5.26 Å². The summed E-state index contributed by atoms with van der Waals surface area (Å²) in [6.45, 7) is 3.55. The summed E-state index contributed by atoms with van der Waals surface area (Å²) in [5.74, 6) is 0. The van der Waals surface area contributed by atoms with Gasteiger partial charge < -0.3 is 0 Å². The van der Waals surface area contributed by atoms with Crippen molar-refractivity contribution >= 4 is 6.08 Å². The fourth-order valence-corrected chi connectivity index (χ4v) is 0.676. The Morgan fingerprint density at radius 2 is 2.50 bits per heavy atom. The molecule has 0 unspecified atom stereocenters. The van der Waals surface area contributed by atoms with E-state index < -0.39 is 0 Å². The second-order valence-electron chi connectivity index (χ2n) is 1.76. The molecule has 0 aliphatic carbocycles. The molecule has 0 N–H and O–H groups in total. The third-order valence-corrected chi connectivity index (χ3v) is 1.16. The molecule has 1 rings (SSSR count). The van der Waals surface area contributed by atoms with Gasteiger partial charge >= 0.3 is 0 Å². The molecule has 10 heavy (non-hydrogen) atoms. The van der Waals surface area contributed by atoms with Gasteiger partial charge in [0.2, 0.25) is 0 Å². The van der Waals surface area contributed by atoms with Crippen molar-refractivity contribution in [3.8, 4) is 6.07 Å². The highest BCUT2D eigenvalue weighted by molar-refractivity contribution is 5.53. The van der Waals surface area contributed by atoms with Crippen molar-refractivity contribution in [2.45, 2.75) is 0 Å². The highest BCUT2D eigenvalue weighted by Gasteiger charge is 1.94. The summed E-state index contributed by atoms with van der Waals surface area (Å²) in [7, 11) is 0. The van der Waals surface area contributed by atoms with Crippen LogP contribution in [0.25, 0.3) is 6.08 Å². The average molecular weight is 130 g/mol. The molecule has 1 aromatic heterocycles. The predicted molar refractivity (Wildman–Crippen MR) is 39.0 cm³/mol. The zero-order chi connectivity index (χ0) is 7.40. The third-order valence-electron chi connectivity index (χ3n) is 1.16. The molecule has 1 heterocycles. The van der Waals surface area contributed by atoms with E-state index in [0.29, 0.717) is 5.69 Å². The molecule has 0 fully saturated rings. The van der Waals surface area contributed by atoms with E-state index in [0.717, 1.165) is 5.56 Å². The van der Waals surface area contributed by atoms with Gasteiger partial charge in [-0.25, -0.2) is 4.98 Å². The number of aromatic nitrogens is 1. The molecule has 2 nitrogen and oxygen atoms in total. The van der Waals surface area contributed by atoms with E-state index >= 15 is 0 Å². The van der Waals surface area contributed by atoms with Gasteiger partial charge in [-0.1, -0.05) is 18.7 Å². The Hall–Kier alpha value is -1.62. The zero-order valence-corrected chi connectivity index (χ0v) is 5.41. The van der Waals surface area contributed by atoms with Gasteiger partial charge in [0.15, 0.2) is 0 Å². The molecule has 0 saturated carbocycles. The van der Waals surface area contributed by atoms with Gasteiger partial charge in [-0.05, 0) is 6.07 Å².